The molecule has 4 rings (SSSR count). The molecule has 0 aromatic carbocycles. The second-order valence-corrected chi connectivity index (χ2v) is 11.1. The van der Waals surface area contributed by atoms with Gasteiger partial charge in [0.2, 0.25) is 11.8 Å². The van der Waals surface area contributed by atoms with Gasteiger partial charge in [-0.15, -0.1) is 6.58 Å². The highest BCUT2D eigenvalue weighted by Crippen LogP contribution is 2.64. The number of rotatable bonds is 10. The number of ether oxygens (including phenoxy) is 1. The zero-order valence-electron chi connectivity index (χ0n) is 21.4. The number of carboxylic acid groups (broad SMARTS) is 1. The van der Waals surface area contributed by atoms with Gasteiger partial charge in [0, 0.05) is 12.6 Å². The molecule has 0 aromatic heterocycles. The van der Waals surface area contributed by atoms with Crippen molar-refractivity contribution in [3.8, 4) is 0 Å². The van der Waals surface area contributed by atoms with Crippen LogP contribution in [0, 0.1) is 17.8 Å². The Morgan fingerprint density at radius 2 is 1.94 bits per heavy atom. The lowest BCUT2D eigenvalue weighted by Gasteiger charge is -2.43. The van der Waals surface area contributed by atoms with Gasteiger partial charge in [0.25, 0.3) is 0 Å². The van der Waals surface area contributed by atoms with Crippen LogP contribution in [0.2, 0.25) is 0 Å². The monoisotopic (exact) mass is 490 g/mol. The Morgan fingerprint density at radius 3 is 2.49 bits per heavy atom. The first kappa shape index (κ1) is 26.1. The zero-order chi connectivity index (χ0) is 25.5. The van der Waals surface area contributed by atoms with Gasteiger partial charge < -0.3 is 24.7 Å². The summed E-state index contributed by atoms with van der Waals surface area (Å²) in [5.74, 6) is -3.55. The van der Waals surface area contributed by atoms with Gasteiger partial charge in [0.1, 0.15) is 17.6 Å². The third-order valence-corrected chi connectivity index (χ3v) is 9.59. The van der Waals surface area contributed by atoms with E-state index < -0.39 is 41.1 Å². The Kier molecular flexibility index (Phi) is 7.36. The number of aliphatic hydroxyl groups is 1. The second-order valence-electron chi connectivity index (χ2n) is 11.1. The van der Waals surface area contributed by atoms with Gasteiger partial charge in [0.05, 0.1) is 24.2 Å². The number of hydrogen-bond acceptors (Lipinski definition) is 5. The second kappa shape index (κ2) is 9.85. The van der Waals surface area contributed by atoms with Crippen LogP contribution < -0.4 is 0 Å². The molecule has 2 N–H and O–H groups in total. The summed E-state index contributed by atoms with van der Waals surface area (Å²) in [5.41, 5.74) is -2.11. The summed E-state index contributed by atoms with van der Waals surface area (Å²) in [6.45, 7) is 9.82. The average molecular weight is 491 g/mol. The quantitative estimate of drug-likeness (QED) is 0.456. The number of aliphatic carboxylic acids is 1. The Bertz CT molecular complexity index is 857. The Hall–Kier alpha value is -1.93. The van der Waals surface area contributed by atoms with Gasteiger partial charge in [-0.2, -0.15) is 0 Å². The van der Waals surface area contributed by atoms with Gasteiger partial charge in [-0.25, -0.2) is 0 Å². The highest BCUT2D eigenvalue weighted by molar-refractivity contribution is 5.98. The zero-order valence-corrected chi connectivity index (χ0v) is 21.4. The number of aliphatic hydroxyl groups excluding tert-OH is 1. The number of likely N-dealkylation sites (tertiary alicyclic amines) is 1. The summed E-state index contributed by atoms with van der Waals surface area (Å²) in [7, 11) is 0. The van der Waals surface area contributed by atoms with Crippen molar-refractivity contribution in [2.45, 2.75) is 108 Å². The topological polar surface area (TPSA) is 107 Å². The molecule has 8 heteroatoms. The molecule has 2 amide bonds. The maximum Gasteiger partial charge on any atom is 0.310 e. The number of hydrogen-bond donors (Lipinski definition) is 2. The van der Waals surface area contributed by atoms with E-state index >= 15 is 0 Å². The number of amides is 2. The number of carboxylic acids is 1. The largest absolute Gasteiger partial charge is 0.481 e. The molecule has 196 valence electrons. The van der Waals surface area contributed by atoms with E-state index in [0.29, 0.717) is 32.2 Å². The minimum absolute atomic E-state index is 0.0578. The molecule has 0 radical (unpaired) electrons. The van der Waals surface area contributed by atoms with Crippen LogP contribution in [0.1, 0.15) is 78.6 Å². The first-order valence-corrected chi connectivity index (χ1v) is 13.5. The number of fused-ring (bicyclic) bond motifs is 1. The van der Waals surface area contributed by atoms with E-state index in [1.54, 1.807) is 11.0 Å². The van der Waals surface area contributed by atoms with E-state index in [9.17, 15) is 24.6 Å². The maximum atomic E-state index is 14.5. The van der Waals surface area contributed by atoms with Crippen molar-refractivity contribution in [1.29, 1.82) is 0 Å². The molecule has 1 spiro atoms. The Morgan fingerprint density at radius 1 is 1.26 bits per heavy atom. The van der Waals surface area contributed by atoms with Crippen LogP contribution in [0.3, 0.4) is 0 Å². The van der Waals surface area contributed by atoms with Crippen molar-refractivity contribution in [3.63, 3.8) is 0 Å². The molecule has 3 saturated heterocycles. The molecule has 2 bridgehead atoms. The molecule has 7 atom stereocenters. The Labute approximate surface area is 208 Å². The predicted molar refractivity (Wildman–Crippen MR) is 130 cm³/mol. The van der Waals surface area contributed by atoms with Crippen molar-refractivity contribution in [2.24, 2.45) is 17.8 Å². The molecule has 0 aromatic rings. The Balaban J connectivity index is 1.83. The van der Waals surface area contributed by atoms with Crippen molar-refractivity contribution in [1.82, 2.24) is 9.80 Å². The van der Waals surface area contributed by atoms with E-state index in [1.807, 2.05) is 25.7 Å². The number of nitrogens with zero attached hydrogens (tertiary/aromatic N) is 2. The third-order valence-electron chi connectivity index (χ3n) is 9.59. The molecule has 1 saturated carbocycles. The fourth-order valence-electron chi connectivity index (χ4n) is 7.59. The molecule has 2 unspecified atom stereocenters. The molecule has 4 aliphatic rings. The molecule has 1 aliphatic carbocycles. The summed E-state index contributed by atoms with van der Waals surface area (Å²) >= 11 is 0. The van der Waals surface area contributed by atoms with E-state index in [4.69, 9.17) is 4.74 Å². The van der Waals surface area contributed by atoms with Crippen LogP contribution in [-0.2, 0) is 19.1 Å². The van der Waals surface area contributed by atoms with E-state index in [1.165, 1.54) is 0 Å². The molecule has 35 heavy (non-hydrogen) atoms. The summed E-state index contributed by atoms with van der Waals surface area (Å²) in [6.07, 6.45) is 8.96. The summed E-state index contributed by atoms with van der Waals surface area (Å²) in [5, 5.41) is 20.7. The van der Waals surface area contributed by atoms with Crippen molar-refractivity contribution in [2.75, 3.05) is 13.2 Å². The smallest absolute Gasteiger partial charge is 0.310 e. The van der Waals surface area contributed by atoms with Crippen molar-refractivity contribution >= 4 is 17.8 Å². The van der Waals surface area contributed by atoms with E-state index in [0.717, 1.165) is 32.1 Å². The molecule has 3 heterocycles. The lowest BCUT2D eigenvalue weighted by Crippen LogP contribution is -2.61. The van der Waals surface area contributed by atoms with Crippen LogP contribution in [0.4, 0.5) is 0 Å². The highest BCUT2D eigenvalue weighted by atomic mass is 16.5. The first-order valence-electron chi connectivity index (χ1n) is 13.5. The van der Waals surface area contributed by atoms with Crippen LogP contribution in [-0.4, -0.2) is 80.3 Å². The van der Waals surface area contributed by atoms with Gasteiger partial charge in [0.15, 0.2) is 0 Å². The van der Waals surface area contributed by atoms with Crippen LogP contribution in [0.5, 0.6) is 0 Å². The molecular formula is C27H42N2O6. The fourth-order valence-corrected chi connectivity index (χ4v) is 7.59. The summed E-state index contributed by atoms with van der Waals surface area (Å²) < 4.78 is 6.65. The molecule has 8 nitrogen and oxygen atoms in total. The van der Waals surface area contributed by atoms with Gasteiger partial charge >= 0.3 is 5.97 Å². The van der Waals surface area contributed by atoms with E-state index in [-0.39, 0.29) is 30.4 Å². The van der Waals surface area contributed by atoms with Crippen LogP contribution in [0.25, 0.3) is 0 Å². The van der Waals surface area contributed by atoms with E-state index in [2.05, 4.69) is 6.58 Å². The summed E-state index contributed by atoms with van der Waals surface area (Å²) in [4.78, 5) is 44.5. The van der Waals surface area contributed by atoms with Gasteiger partial charge in [-0.05, 0) is 38.0 Å². The highest BCUT2D eigenvalue weighted by Gasteiger charge is 2.79. The third kappa shape index (κ3) is 3.82. The molecule has 4 fully saturated rings. The SMILES string of the molecule is C=CCN(C(=O)C1N([C@@H](CO)[C@@H](C)CC)C(=O)[C@@H]2[C@H](C(=O)O)[C@]3(CC)CCC12O3)C1CCCCC1. The first-order chi connectivity index (χ1) is 16.7. The fraction of sp³-hybridized carbons (Fsp3) is 0.815. The summed E-state index contributed by atoms with van der Waals surface area (Å²) in [6, 6.07) is -1.45. The number of carbonyl (C=O) groups excluding carboxylic acids is 2. The standard InChI is InChI=1S/C27H42N2O6/c1-5-15-28(18-11-9-8-10-12-18)24(32)22-27-14-13-26(7-3,35-27)21(25(33)34)20(27)23(31)29(22)19(16-30)17(4)6-2/h5,17-22,30H,1,6-16H2,2-4H3,(H,33,34)/t17-,19-,20-,21+,22?,26-,27?/m0/s1. The van der Waals surface area contributed by atoms with Crippen LogP contribution in [0.15, 0.2) is 12.7 Å². The number of carbonyl (C=O) groups is 3. The van der Waals surface area contributed by atoms with Gasteiger partial charge in [-0.3, -0.25) is 14.4 Å². The minimum Gasteiger partial charge on any atom is -0.481 e. The predicted octanol–water partition coefficient (Wildman–Crippen LogP) is 2.98. The lowest BCUT2D eigenvalue weighted by molar-refractivity contribution is -0.162. The normalized spacial score (nSPS) is 36.2. The van der Waals surface area contributed by atoms with Crippen LogP contribution >= 0.6 is 0 Å². The molecular weight excluding hydrogens is 448 g/mol. The van der Waals surface area contributed by atoms with Gasteiger partial charge in [-0.1, -0.05) is 52.5 Å². The lowest BCUT2D eigenvalue weighted by atomic mass is 9.65. The molecule has 3 aliphatic heterocycles. The maximum absolute atomic E-state index is 14.5. The minimum atomic E-state index is -1.18. The van der Waals surface area contributed by atoms with Crippen molar-refractivity contribution < 1.29 is 29.3 Å². The van der Waals surface area contributed by atoms with Crippen molar-refractivity contribution in [3.05, 3.63) is 12.7 Å². The average Bonchev–Trinajstić information content (AvgIpc) is 3.47.